The maximum atomic E-state index is 12.9. The molecule has 1 heterocycles. The highest BCUT2D eigenvalue weighted by atomic mass is 32.2. The van der Waals surface area contributed by atoms with Gasteiger partial charge in [0.2, 0.25) is 15.9 Å². The summed E-state index contributed by atoms with van der Waals surface area (Å²) in [7, 11) is -3.49. The summed E-state index contributed by atoms with van der Waals surface area (Å²) in [6.45, 7) is 4.13. The Kier molecular flexibility index (Phi) is 5.76. The van der Waals surface area contributed by atoms with Gasteiger partial charge >= 0.3 is 0 Å². The van der Waals surface area contributed by atoms with Gasteiger partial charge < -0.3 is 9.64 Å². The molecule has 0 radical (unpaired) electrons. The van der Waals surface area contributed by atoms with Crippen molar-refractivity contribution in [3.8, 4) is 0 Å². The second kappa shape index (κ2) is 7.85. The number of ether oxygens (including phenoxy) is 1. The first-order chi connectivity index (χ1) is 12.0. The van der Waals surface area contributed by atoms with Crippen LogP contribution in [-0.4, -0.2) is 62.9 Å². The fraction of sp³-hybridized carbons (Fsp3) is 0.611. The number of piperazine rings is 1. The molecular weight excluding hydrogens is 340 g/mol. The number of nitrogens with zero attached hydrogens (tertiary/aromatic N) is 2. The van der Waals surface area contributed by atoms with Crippen LogP contribution >= 0.6 is 0 Å². The van der Waals surface area contributed by atoms with Gasteiger partial charge in [-0.3, -0.25) is 4.79 Å². The third-order valence-corrected chi connectivity index (χ3v) is 6.77. The predicted molar refractivity (Wildman–Crippen MR) is 94.9 cm³/mol. The summed E-state index contributed by atoms with van der Waals surface area (Å²) in [6.07, 6.45) is 3.97. The van der Waals surface area contributed by atoms with Gasteiger partial charge in [0, 0.05) is 32.8 Å². The van der Waals surface area contributed by atoms with E-state index in [-0.39, 0.29) is 12.5 Å². The van der Waals surface area contributed by atoms with Crippen molar-refractivity contribution in [3.05, 3.63) is 29.3 Å². The van der Waals surface area contributed by atoms with E-state index in [1.165, 1.54) is 9.87 Å². The Labute approximate surface area is 149 Å². The molecule has 7 heteroatoms. The molecule has 6 nitrogen and oxygen atoms in total. The zero-order valence-electron chi connectivity index (χ0n) is 14.7. The number of aryl methyl sites for hydroxylation is 2. The highest BCUT2D eigenvalue weighted by molar-refractivity contribution is 7.89. The van der Waals surface area contributed by atoms with E-state index in [2.05, 4.69) is 0 Å². The van der Waals surface area contributed by atoms with Crippen molar-refractivity contribution in [2.45, 2.75) is 37.5 Å². The molecule has 3 rings (SSSR count). The van der Waals surface area contributed by atoms with E-state index in [0.717, 1.165) is 31.2 Å². The van der Waals surface area contributed by atoms with Crippen LogP contribution in [-0.2, 0) is 32.4 Å². The molecule has 2 aliphatic rings. The second-order valence-electron chi connectivity index (χ2n) is 6.62. The third-order valence-electron chi connectivity index (χ3n) is 4.87. The van der Waals surface area contributed by atoms with Crippen molar-refractivity contribution in [1.82, 2.24) is 9.21 Å². The molecule has 25 heavy (non-hydrogen) atoms. The lowest BCUT2D eigenvalue weighted by molar-refractivity contribution is -0.137. The first-order valence-corrected chi connectivity index (χ1v) is 10.4. The van der Waals surface area contributed by atoms with Gasteiger partial charge in [-0.2, -0.15) is 4.31 Å². The third kappa shape index (κ3) is 4.04. The average molecular weight is 366 g/mol. The average Bonchev–Trinajstić information content (AvgIpc) is 3.09. The standard InChI is InChI=1S/C18H26N2O4S/c1-2-12-24-14-18(21)19-8-10-20(11-9-19)25(22,23)17-7-6-15-4-3-5-16(15)13-17/h6-7,13H,2-5,8-12,14H2,1H3. The first-order valence-electron chi connectivity index (χ1n) is 9.00. The molecule has 0 atom stereocenters. The summed E-state index contributed by atoms with van der Waals surface area (Å²) in [5.41, 5.74) is 2.42. The zero-order chi connectivity index (χ0) is 17.9. The van der Waals surface area contributed by atoms with Crippen molar-refractivity contribution < 1.29 is 17.9 Å². The van der Waals surface area contributed by atoms with Crippen LogP contribution in [0.3, 0.4) is 0 Å². The van der Waals surface area contributed by atoms with Gasteiger partial charge in [0.25, 0.3) is 0 Å². The van der Waals surface area contributed by atoms with Gasteiger partial charge in [0.05, 0.1) is 4.90 Å². The van der Waals surface area contributed by atoms with Crippen LogP contribution in [0.1, 0.15) is 30.9 Å². The minimum absolute atomic E-state index is 0.0666. The van der Waals surface area contributed by atoms with Gasteiger partial charge in [-0.1, -0.05) is 13.0 Å². The van der Waals surface area contributed by atoms with Crippen molar-refractivity contribution >= 4 is 15.9 Å². The summed E-state index contributed by atoms with van der Waals surface area (Å²) < 4.78 is 32.5. The molecule has 0 aromatic heterocycles. The molecule has 1 aromatic carbocycles. The topological polar surface area (TPSA) is 66.9 Å². The Morgan fingerprint density at radius 3 is 2.56 bits per heavy atom. The van der Waals surface area contributed by atoms with E-state index in [1.54, 1.807) is 11.0 Å². The molecule has 1 aliphatic heterocycles. The fourth-order valence-electron chi connectivity index (χ4n) is 3.43. The van der Waals surface area contributed by atoms with E-state index >= 15 is 0 Å². The molecule has 138 valence electrons. The molecular formula is C18H26N2O4S. The predicted octanol–water partition coefficient (Wildman–Crippen LogP) is 1.43. The van der Waals surface area contributed by atoms with Gasteiger partial charge in [0.15, 0.2) is 0 Å². The smallest absolute Gasteiger partial charge is 0.248 e. The molecule has 1 aliphatic carbocycles. The number of hydrogen-bond donors (Lipinski definition) is 0. The number of amides is 1. The van der Waals surface area contributed by atoms with Crippen LogP contribution < -0.4 is 0 Å². The van der Waals surface area contributed by atoms with Gasteiger partial charge in [-0.25, -0.2) is 8.42 Å². The molecule has 0 saturated carbocycles. The molecule has 1 fully saturated rings. The molecule has 1 amide bonds. The van der Waals surface area contributed by atoms with Gasteiger partial charge in [-0.05, 0) is 48.9 Å². The van der Waals surface area contributed by atoms with E-state index < -0.39 is 10.0 Å². The monoisotopic (exact) mass is 366 g/mol. The number of carbonyl (C=O) groups is 1. The highest BCUT2D eigenvalue weighted by Crippen LogP contribution is 2.26. The number of benzene rings is 1. The lowest BCUT2D eigenvalue weighted by Gasteiger charge is -2.34. The lowest BCUT2D eigenvalue weighted by atomic mass is 10.1. The van der Waals surface area contributed by atoms with E-state index in [0.29, 0.717) is 37.7 Å². The normalized spacial score (nSPS) is 18.4. The van der Waals surface area contributed by atoms with Gasteiger partial charge in [-0.15, -0.1) is 0 Å². The molecule has 0 spiro atoms. The Morgan fingerprint density at radius 2 is 1.84 bits per heavy atom. The van der Waals surface area contributed by atoms with Crippen LogP contribution in [0.4, 0.5) is 0 Å². The van der Waals surface area contributed by atoms with Crippen molar-refractivity contribution in [2.24, 2.45) is 0 Å². The van der Waals surface area contributed by atoms with E-state index in [1.807, 2.05) is 19.1 Å². The molecule has 1 saturated heterocycles. The Hall–Kier alpha value is -1.44. The number of hydrogen-bond acceptors (Lipinski definition) is 4. The molecule has 0 unspecified atom stereocenters. The maximum Gasteiger partial charge on any atom is 0.248 e. The van der Waals surface area contributed by atoms with Crippen molar-refractivity contribution in [3.63, 3.8) is 0 Å². The van der Waals surface area contributed by atoms with Crippen molar-refractivity contribution in [2.75, 3.05) is 39.4 Å². The minimum Gasteiger partial charge on any atom is -0.372 e. The fourth-order valence-corrected chi connectivity index (χ4v) is 4.90. The van der Waals surface area contributed by atoms with Crippen LogP contribution in [0.2, 0.25) is 0 Å². The van der Waals surface area contributed by atoms with Crippen molar-refractivity contribution in [1.29, 1.82) is 0 Å². The number of carbonyl (C=O) groups excluding carboxylic acids is 1. The lowest BCUT2D eigenvalue weighted by Crippen LogP contribution is -2.51. The number of fused-ring (bicyclic) bond motifs is 1. The number of sulfonamides is 1. The summed E-state index contributed by atoms with van der Waals surface area (Å²) in [6, 6.07) is 5.49. The summed E-state index contributed by atoms with van der Waals surface area (Å²) >= 11 is 0. The number of rotatable bonds is 6. The largest absolute Gasteiger partial charge is 0.372 e. The summed E-state index contributed by atoms with van der Waals surface area (Å²) in [5, 5.41) is 0. The van der Waals surface area contributed by atoms with Crippen LogP contribution in [0.5, 0.6) is 0 Å². The quantitative estimate of drug-likeness (QED) is 0.715. The van der Waals surface area contributed by atoms with E-state index in [4.69, 9.17) is 4.74 Å². The molecule has 0 N–H and O–H groups in total. The van der Waals surface area contributed by atoms with Crippen LogP contribution in [0, 0.1) is 0 Å². The first kappa shape index (κ1) is 18.4. The van der Waals surface area contributed by atoms with Gasteiger partial charge in [0.1, 0.15) is 6.61 Å². The maximum absolute atomic E-state index is 12.9. The Morgan fingerprint density at radius 1 is 1.12 bits per heavy atom. The Balaban J connectivity index is 1.61. The summed E-state index contributed by atoms with van der Waals surface area (Å²) in [4.78, 5) is 14.1. The zero-order valence-corrected chi connectivity index (χ0v) is 15.6. The minimum atomic E-state index is -3.49. The second-order valence-corrected chi connectivity index (χ2v) is 8.56. The Bertz CT molecular complexity index is 725. The summed E-state index contributed by atoms with van der Waals surface area (Å²) in [5.74, 6) is -0.0666. The SMILES string of the molecule is CCCOCC(=O)N1CCN(S(=O)(=O)c2ccc3c(c2)CCC3)CC1. The van der Waals surface area contributed by atoms with Crippen LogP contribution in [0.25, 0.3) is 0 Å². The molecule has 0 bridgehead atoms. The van der Waals surface area contributed by atoms with E-state index in [9.17, 15) is 13.2 Å². The highest BCUT2D eigenvalue weighted by Gasteiger charge is 2.30. The van der Waals surface area contributed by atoms with Crippen LogP contribution in [0.15, 0.2) is 23.1 Å². The molecule has 1 aromatic rings.